The van der Waals surface area contributed by atoms with E-state index in [0.29, 0.717) is 23.0 Å². The van der Waals surface area contributed by atoms with Crippen molar-refractivity contribution in [2.24, 2.45) is 56.4 Å². The van der Waals surface area contributed by atoms with Crippen LogP contribution in [0.5, 0.6) is 0 Å². The second-order valence-corrected chi connectivity index (χ2v) is 19.9. The molecule has 8 atom stereocenters. The molecule has 0 saturated carbocycles. The summed E-state index contributed by atoms with van der Waals surface area (Å²) in [4.78, 5) is 60.0. The Morgan fingerprint density at radius 1 is 0.938 bits per heavy atom. The lowest BCUT2D eigenvalue weighted by Gasteiger charge is -2.39. The maximum atomic E-state index is 13.9. The molecule has 6 rings (SSSR count). The Morgan fingerprint density at radius 3 is 2.26 bits per heavy atom. The molecular weight excluding hydrogens is 817 g/mol. The van der Waals surface area contributed by atoms with E-state index >= 15 is 0 Å². The van der Waals surface area contributed by atoms with Gasteiger partial charge >= 0.3 is 23.7 Å². The molecule has 2 N–H and O–H groups in total. The van der Waals surface area contributed by atoms with Gasteiger partial charge in [-0.3, -0.25) is 19.6 Å². The zero-order valence-corrected chi connectivity index (χ0v) is 40.9. The van der Waals surface area contributed by atoms with Crippen molar-refractivity contribution >= 4 is 53.3 Å². The number of fused-ring (bicyclic) bond motifs is 4. The summed E-state index contributed by atoms with van der Waals surface area (Å²) in [5.41, 5.74) is 8.18. The Balaban J connectivity index is 1.27. The number of rotatable bonds is 19. The number of aromatic amines is 1. The van der Waals surface area contributed by atoms with Crippen molar-refractivity contribution in [3.8, 4) is 0 Å². The number of nitrogens with zero attached hydrogens (tertiary/aromatic N) is 3. The predicted molar refractivity (Wildman–Crippen MR) is 260 cm³/mol. The number of aromatic nitrogens is 1. The number of cyclic esters (lactones) is 1. The third-order valence-corrected chi connectivity index (χ3v) is 14.6. The topological polar surface area (TPSA) is 152 Å². The monoisotopic (exact) mass is 891 g/mol. The van der Waals surface area contributed by atoms with Crippen LogP contribution in [0.15, 0.2) is 67.6 Å². The predicted octanol–water partition coefficient (Wildman–Crippen LogP) is 9.73. The average Bonchev–Trinajstić information content (AvgIpc) is 3.94. The minimum Gasteiger partial charge on any atom is -0.464 e. The van der Waals surface area contributed by atoms with Gasteiger partial charge in [-0.05, 0) is 105 Å². The van der Waals surface area contributed by atoms with Crippen molar-refractivity contribution in [3.05, 3.63) is 74.4 Å². The number of nitrogens with one attached hydrogen (secondary N) is 1. The second kappa shape index (κ2) is 21.2. The summed E-state index contributed by atoms with van der Waals surface area (Å²) in [5.74, 6) is -4.98. The normalized spacial score (nSPS) is 28.8. The van der Waals surface area contributed by atoms with Crippen molar-refractivity contribution in [2.45, 2.75) is 158 Å². The fraction of sp³-hybridized carbons (Fsp3) is 0.593. The molecule has 5 aliphatic heterocycles. The summed E-state index contributed by atoms with van der Waals surface area (Å²) in [7, 11) is 1.13. The smallest absolute Gasteiger partial charge is 0.384 e. The minimum atomic E-state index is -2.80. The summed E-state index contributed by atoms with van der Waals surface area (Å²) in [6.07, 6.45) is 21.2. The van der Waals surface area contributed by atoms with Crippen LogP contribution < -0.4 is 10.7 Å². The number of ether oxygens (including phenoxy) is 3. The molecule has 5 aliphatic rings. The molecule has 0 aliphatic carbocycles. The highest BCUT2D eigenvalue weighted by atomic mass is 16.7. The Bertz CT molecular complexity index is 2390. The maximum Gasteiger partial charge on any atom is 0.384 e. The molecule has 0 spiro atoms. The van der Waals surface area contributed by atoms with Crippen LogP contribution >= 0.6 is 0 Å². The second-order valence-electron chi connectivity index (χ2n) is 19.9. The number of hydrogen-bond donors (Lipinski definition) is 2. The van der Waals surface area contributed by atoms with E-state index in [-0.39, 0.29) is 24.3 Å². The Kier molecular flexibility index (Phi) is 16.1. The van der Waals surface area contributed by atoms with Gasteiger partial charge in [-0.1, -0.05) is 106 Å². The average molecular weight is 891 g/mol. The highest BCUT2D eigenvalue weighted by Crippen LogP contribution is 2.49. The van der Waals surface area contributed by atoms with Gasteiger partial charge in [0.1, 0.15) is 0 Å². The van der Waals surface area contributed by atoms with Crippen molar-refractivity contribution in [3.63, 3.8) is 0 Å². The van der Waals surface area contributed by atoms with Gasteiger partial charge in [0.15, 0.2) is 0 Å². The summed E-state index contributed by atoms with van der Waals surface area (Å²) in [6, 6.07) is -0.996. The van der Waals surface area contributed by atoms with E-state index in [0.717, 1.165) is 94.6 Å². The Labute approximate surface area is 386 Å². The number of aliphatic imine (C=N–C) groups is 3. The third kappa shape index (κ3) is 10.7. The van der Waals surface area contributed by atoms with E-state index in [9.17, 15) is 19.5 Å². The van der Waals surface area contributed by atoms with Crippen LogP contribution in [-0.2, 0) is 28.6 Å². The first kappa shape index (κ1) is 49.5. The molecule has 0 radical (unpaired) electrons. The molecule has 0 amide bonds. The molecule has 11 nitrogen and oxygen atoms in total. The molecule has 0 aromatic carbocycles. The van der Waals surface area contributed by atoms with Gasteiger partial charge in [-0.15, -0.1) is 0 Å². The van der Waals surface area contributed by atoms with Crippen molar-refractivity contribution < 1.29 is 33.7 Å². The number of allylic oxidation sites excluding steroid dienone is 5. The zero-order valence-electron chi connectivity index (χ0n) is 40.9. The van der Waals surface area contributed by atoms with Crippen molar-refractivity contribution in [2.75, 3.05) is 7.11 Å². The van der Waals surface area contributed by atoms with Crippen LogP contribution in [0.25, 0.3) is 18.2 Å². The fourth-order valence-electron chi connectivity index (χ4n) is 10.4. The summed E-state index contributed by atoms with van der Waals surface area (Å²) < 4.78 is 16.6. The molecule has 1 aromatic heterocycles. The van der Waals surface area contributed by atoms with Crippen molar-refractivity contribution in [1.82, 2.24) is 4.98 Å². The van der Waals surface area contributed by atoms with E-state index in [1.165, 1.54) is 38.5 Å². The third-order valence-electron chi connectivity index (χ3n) is 14.6. The standard InChI is InChI=1S/C54H74N4O7/c1-13-38-34(8)41-26-43-36(10)40(24-25-47(59)64-29-33(7)23-17-22-32(6)21-16-20-31(5)19-15-18-30(3)4)50(57-43)49-51-48(52(60)65-54(49,62)53(61)63-12)37(11)44(58-51)28-46-39(14-2)35(9)42(56-46)27-45(38)55-41/h13,26-32,36-37,40,48,51,55,62H,1,14-25H2,2-12H3/b33-29-,41-26-,45-27-,46-28-,50-49+/t31-,32+,36-,37?,40-,48?,51?,54?/m0/s1. The lowest BCUT2D eigenvalue weighted by atomic mass is 9.76. The van der Waals surface area contributed by atoms with Gasteiger partial charge in [-0.2, -0.15) is 0 Å². The number of carbonyl (C=O) groups is 3. The Hall–Kier alpha value is -4.90. The van der Waals surface area contributed by atoms with Gasteiger partial charge in [0.2, 0.25) is 0 Å². The van der Waals surface area contributed by atoms with Crippen LogP contribution in [0.4, 0.5) is 0 Å². The molecule has 65 heavy (non-hydrogen) atoms. The molecule has 1 aromatic rings. The molecule has 1 saturated heterocycles. The summed E-state index contributed by atoms with van der Waals surface area (Å²) in [5, 5.41) is 14.0. The summed E-state index contributed by atoms with van der Waals surface area (Å²) >= 11 is 0. The fourth-order valence-corrected chi connectivity index (χ4v) is 10.4. The maximum absolute atomic E-state index is 13.9. The first-order valence-electron chi connectivity index (χ1n) is 24.3. The molecule has 1 fully saturated rings. The number of methoxy groups -OCH3 is 1. The van der Waals surface area contributed by atoms with Gasteiger partial charge in [0.25, 0.3) is 0 Å². The van der Waals surface area contributed by atoms with E-state index in [4.69, 9.17) is 29.2 Å². The van der Waals surface area contributed by atoms with Gasteiger partial charge < -0.3 is 24.3 Å². The number of H-pyrrole nitrogens is 1. The minimum absolute atomic E-state index is 0.0414. The van der Waals surface area contributed by atoms with Gasteiger partial charge in [0, 0.05) is 51.9 Å². The van der Waals surface area contributed by atoms with Crippen molar-refractivity contribution in [1.29, 1.82) is 0 Å². The van der Waals surface area contributed by atoms with E-state index < -0.39 is 47.5 Å². The molecule has 8 bridgehead atoms. The molecule has 6 heterocycles. The number of hydrogen-bond acceptors (Lipinski definition) is 10. The van der Waals surface area contributed by atoms with E-state index in [2.05, 4.69) is 53.1 Å². The molecule has 352 valence electrons. The van der Waals surface area contributed by atoms with Gasteiger partial charge in [-0.25, -0.2) is 9.79 Å². The van der Waals surface area contributed by atoms with Crippen LogP contribution in [0, 0.1) is 48.3 Å². The zero-order chi connectivity index (χ0) is 47.3. The molecular formula is C54H74N4O7. The van der Waals surface area contributed by atoms with Gasteiger partial charge in [0.05, 0.1) is 48.0 Å². The lowest BCUT2D eigenvalue weighted by Crippen LogP contribution is -2.57. The first-order valence-corrected chi connectivity index (χ1v) is 24.3. The Morgan fingerprint density at radius 2 is 1.62 bits per heavy atom. The summed E-state index contributed by atoms with van der Waals surface area (Å²) in [6.45, 7) is 25.5. The molecule has 4 unspecified atom stereocenters. The quantitative estimate of drug-likeness (QED) is 0.0797. The highest BCUT2D eigenvalue weighted by molar-refractivity contribution is 6.23. The van der Waals surface area contributed by atoms with Crippen LogP contribution in [0.1, 0.15) is 150 Å². The van der Waals surface area contributed by atoms with E-state index in [1.807, 2.05) is 52.0 Å². The SMILES string of the molecule is C=Cc1c(C)/c2[nH]/c1=C\C1=NC(=C\C3=NC4/C(=C5N=C(\C=2)[C@@H](C)[C@@H]\5CCC(=O)O/C=C(/C)CCC[C@H](C)CCC[C@@H](C)CCCC(C)C)C(O)(C(=O)OC)OC(=O)C4C3C)/C(CC)=C1C. The van der Waals surface area contributed by atoms with E-state index in [1.54, 1.807) is 6.26 Å². The van der Waals surface area contributed by atoms with Crippen LogP contribution in [0.3, 0.4) is 0 Å². The first-order chi connectivity index (χ1) is 30.9. The highest BCUT2D eigenvalue weighted by Gasteiger charge is 2.62. The molecule has 11 heteroatoms. The lowest BCUT2D eigenvalue weighted by molar-refractivity contribution is -0.225. The van der Waals surface area contributed by atoms with Crippen LogP contribution in [-0.4, -0.2) is 64.1 Å². The number of esters is 3. The number of aliphatic hydroxyl groups is 1. The number of carbonyl (C=O) groups excluding carboxylic acids is 3. The largest absolute Gasteiger partial charge is 0.464 e. The van der Waals surface area contributed by atoms with Crippen LogP contribution in [0.2, 0.25) is 0 Å².